The monoisotopic (exact) mass is 814 g/mol. The minimum absolute atomic E-state index is 1.10. The van der Waals surface area contributed by atoms with Crippen LogP contribution in [-0.2, 0) is 0 Å². The number of benzene rings is 12. The molecule has 2 nitrogen and oxygen atoms in total. The molecule has 64 heavy (non-hydrogen) atoms. The van der Waals surface area contributed by atoms with Gasteiger partial charge in [0.05, 0.1) is 17.1 Å². The number of hydrogen-bond acceptors (Lipinski definition) is 2. The van der Waals surface area contributed by atoms with Crippen molar-refractivity contribution in [1.82, 2.24) is 0 Å². The molecule has 0 saturated carbocycles. The number of rotatable bonds is 8. The highest BCUT2D eigenvalue weighted by Gasteiger charge is 2.25. The van der Waals surface area contributed by atoms with Gasteiger partial charge in [-0.3, -0.25) is 0 Å². The van der Waals surface area contributed by atoms with Gasteiger partial charge in [0.1, 0.15) is 0 Å². The fourth-order valence-electron chi connectivity index (χ4n) is 10.0. The number of fused-ring (bicyclic) bond motifs is 6. The summed E-state index contributed by atoms with van der Waals surface area (Å²) in [6.45, 7) is 0. The lowest BCUT2D eigenvalue weighted by atomic mass is 9.83. The van der Waals surface area contributed by atoms with Crippen molar-refractivity contribution in [3.63, 3.8) is 0 Å². The molecule has 0 atom stereocenters. The minimum Gasteiger partial charge on any atom is -0.310 e. The van der Waals surface area contributed by atoms with Gasteiger partial charge in [0.15, 0.2) is 0 Å². The Balaban J connectivity index is 1.24. The molecule has 0 N–H and O–H groups in total. The zero-order chi connectivity index (χ0) is 42.4. The second-order valence-electron chi connectivity index (χ2n) is 16.4. The molecular formula is C62H42N2. The van der Waals surface area contributed by atoms with Crippen molar-refractivity contribution in [3.05, 3.63) is 255 Å². The third-order valence-electron chi connectivity index (χ3n) is 12.8. The Hall–Kier alpha value is -8.46. The fraction of sp³-hybridized carbons (Fsp3) is 0. The summed E-state index contributed by atoms with van der Waals surface area (Å²) in [5.74, 6) is 0. The van der Waals surface area contributed by atoms with Crippen LogP contribution in [0.3, 0.4) is 0 Å². The third kappa shape index (κ3) is 6.27. The van der Waals surface area contributed by atoms with Crippen LogP contribution in [0.25, 0.3) is 76.1 Å². The smallest absolute Gasteiger partial charge is 0.0546 e. The first kappa shape index (κ1) is 37.3. The van der Waals surface area contributed by atoms with Crippen LogP contribution in [-0.4, -0.2) is 0 Å². The van der Waals surface area contributed by atoms with Crippen molar-refractivity contribution < 1.29 is 0 Å². The predicted octanol–water partition coefficient (Wildman–Crippen LogP) is 17.7. The number of para-hydroxylation sites is 2. The van der Waals surface area contributed by atoms with E-state index < -0.39 is 0 Å². The molecule has 12 rings (SSSR count). The summed E-state index contributed by atoms with van der Waals surface area (Å²) in [5.41, 5.74) is 11.5. The van der Waals surface area contributed by atoms with E-state index in [1.165, 1.54) is 76.1 Å². The average Bonchev–Trinajstić information content (AvgIpc) is 3.37. The first-order chi connectivity index (χ1) is 31.8. The molecule has 0 amide bonds. The van der Waals surface area contributed by atoms with E-state index >= 15 is 0 Å². The van der Waals surface area contributed by atoms with E-state index in [1.807, 2.05) is 0 Å². The molecule has 300 valence electrons. The van der Waals surface area contributed by atoms with E-state index in [0.717, 1.165) is 34.1 Å². The highest BCUT2D eigenvalue weighted by atomic mass is 15.1. The summed E-state index contributed by atoms with van der Waals surface area (Å²) < 4.78 is 0. The zero-order valence-electron chi connectivity index (χ0n) is 35.1. The molecule has 2 heteroatoms. The molecule has 0 saturated heterocycles. The predicted molar refractivity (Wildman–Crippen MR) is 274 cm³/mol. The van der Waals surface area contributed by atoms with Gasteiger partial charge in [-0.15, -0.1) is 0 Å². The lowest BCUT2D eigenvalue weighted by molar-refractivity contribution is 1.30. The summed E-state index contributed by atoms with van der Waals surface area (Å²) in [4.78, 5) is 4.89. The van der Waals surface area contributed by atoms with E-state index in [2.05, 4.69) is 265 Å². The summed E-state index contributed by atoms with van der Waals surface area (Å²) in [6, 6.07) is 92.9. The normalized spacial score (nSPS) is 11.4. The highest BCUT2D eigenvalue weighted by Crippen LogP contribution is 2.52. The maximum Gasteiger partial charge on any atom is 0.0546 e. The molecule has 0 bridgehead atoms. The summed E-state index contributed by atoms with van der Waals surface area (Å²) in [6.07, 6.45) is 0. The van der Waals surface area contributed by atoms with Gasteiger partial charge in [-0.25, -0.2) is 0 Å². The summed E-state index contributed by atoms with van der Waals surface area (Å²) >= 11 is 0. The van der Waals surface area contributed by atoms with E-state index in [4.69, 9.17) is 0 Å². The third-order valence-corrected chi connectivity index (χ3v) is 12.8. The maximum absolute atomic E-state index is 2.47. The van der Waals surface area contributed by atoms with Crippen LogP contribution in [0.4, 0.5) is 34.1 Å². The van der Waals surface area contributed by atoms with Crippen molar-refractivity contribution in [2.24, 2.45) is 0 Å². The molecule has 0 fully saturated rings. The van der Waals surface area contributed by atoms with Crippen LogP contribution < -0.4 is 9.80 Å². The molecule has 12 aromatic rings. The molecule has 0 heterocycles. The Morgan fingerprint density at radius 3 is 1.27 bits per heavy atom. The summed E-state index contributed by atoms with van der Waals surface area (Å²) in [5, 5.41) is 12.0. The van der Waals surface area contributed by atoms with Gasteiger partial charge in [0, 0.05) is 33.2 Å². The van der Waals surface area contributed by atoms with Gasteiger partial charge in [-0.2, -0.15) is 0 Å². The first-order valence-electron chi connectivity index (χ1n) is 22.0. The molecule has 0 aliphatic rings. The minimum atomic E-state index is 1.10. The number of hydrogen-bond donors (Lipinski definition) is 0. The van der Waals surface area contributed by atoms with E-state index in [-0.39, 0.29) is 0 Å². The molecular weight excluding hydrogens is 773 g/mol. The Bertz CT molecular complexity index is 3650. The molecule has 0 aromatic heterocycles. The van der Waals surface area contributed by atoms with Gasteiger partial charge < -0.3 is 9.80 Å². The Morgan fingerprint density at radius 1 is 0.219 bits per heavy atom. The Morgan fingerprint density at radius 2 is 0.672 bits per heavy atom. The van der Waals surface area contributed by atoms with Gasteiger partial charge >= 0.3 is 0 Å². The fourth-order valence-corrected chi connectivity index (χ4v) is 10.0. The van der Waals surface area contributed by atoms with Crippen LogP contribution in [0.2, 0.25) is 0 Å². The van der Waals surface area contributed by atoms with Crippen molar-refractivity contribution in [2.45, 2.75) is 0 Å². The molecule has 0 spiro atoms. The van der Waals surface area contributed by atoms with Gasteiger partial charge in [-0.1, -0.05) is 200 Å². The number of anilines is 6. The van der Waals surface area contributed by atoms with Crippen molar-refractivity contribution >= 4 is 88.0 Å². The second kappa shape index (κ2) is 15.8. The van der Waals surface area contributed by atoms with Crippen LogP contribution in [0.15, 0.2) is 255 Å². The molecule has 0 radical (unpaired) electrons. The molecule has 0 aliphatic carbocycles. The highest BCUT2D eigenvalue weighted by molar-refractivity contribution is 6.30. The number of nitrogens with zero attached hydrogens (tertiary/aromatic N) is 2. The lowest BCUT2D eigenvalue weighted by Gasteiger charge is -2.30. The van der Waals surface area contributed by atoms with E-state index in [9.17, 15) is 0 Å². The standard InChI is InChI=1S/C62H42N2/c1-5-23-45(24-6-1)60-54-40-39-49(63(47-29-9-3-10-30-47)57-37-19-27-43-21-13-15-33-50(43)57)41-55(54)61(46-25-7-2-8-26-46)62-53-36-18-17-35-52(53)59(42-56(60)62)64(48-31-11-4-12-32-48)58-38-20-28-44-22-14-16-34-51(44)58/h1-42H. The Labute approximate surface area is 373 Å². The van der Waals surface area contributed by atoms with Crippen LogP contribution in [0.5, 0.6) is 0 Å². The largest absolute Gasteiger partial charge is 0.310 e. The van der Waals surface area contributed by atoms with Crippen molar-refractivity contribution in [3.8, 4) is 22.3 Å². The summed E-state index contributed by atoms with van der Waals surface area (Å²) in [7, 11) is 0. The lowest BCUT2D eigenvalue weighted by Crippen LogP contribution is -2.11. The second-order valence-corrected chi connectivity index (χ2v) is 16.4. The van der Waals surface area contributed by atoms with Crippen LogP contribution in [0, 0.1) is 0 Å². The van der Waals surface area contributed by atoms with Gasteiger partial charge in [0.25, 0.3) is 0 Å². The maximum atomic E-state index is 2.47. The molecule has 12 aromatic carbocycles. The van der Waals surface area contributed by atoms with Crippen molar-refractivity contribution in [1.29, 1.82) is 0 Å². The van der Waals surface area contributed by atoms with Gasteiger partial charge in [0.2, 0.25) is 0 Å². The van der Waals surface area contributed by atoms with E-state index in [0.29, 0.717) is 0 Å². The van der Waals surface area contributed by atoms with E-state index in [1.54, 1.807) is 0 Å². The zero-order valence-corrected chi connectivity index (χ0v) is 35.1. The topological polar surface area (TPSA) is 6.48 Å². The average molecular weight is 815 g/mol. The SMILES string of the molecule is c1ccc(-c2c3ccc(N(c4ccccc4)c4cccc5ccccc45)cc3c(-c3ccccc3)c3c2cc(N(c2ccccc2)c2cccc4ccccc24)c2ccccc23)cc1. The molecule has 0 aliphatic heterocycles. The quantitative estimate of drug-likeness (QED) is 0.111. The van der Waals surface area contributed by atoms with Crippen LogP contribution >= 0.6 is 0 Å². The Kier molecular flexibility index (Phi) is 9.20. The molecule has 0 unspecified atom stereocenters. The first-order valence-corrected chi connectivity index (χ1v) is 22.0. The van der Waals surface area contributed by atoms with Crippen LogP contribution in [0.1, 0.15) is 0 Å². The van der Waals surface area contributed by atoms with Crippen molar-refractivity contribution in [2.75, 3.05) is 9.80 Å². The van der Waals surface area contributed by atoms with Gasteiger partial charge in [-0.05, 0) is 115 Å².